The third-order valence-corrected chi connectivity index (χ3v) is 3.32. The van der Waals surface area contributed by atoms with E-state index in [1.807, 2.05) is 7.05 Å². The van der Waals surface area contributed by atoms with Crippen LogP contribution in [0.5, 0.6) is 0 Å². The average Bonchev–Trinajstić information content (AvgIpc) is 2.86. The highest BCUT2D eigenvalue weighted by Crippen LogP contribution is 2.21. The maximum absolute atomic E-state index is 4.57. The fourth-order valence-corrected chi connectivity index (χ4v) is 2.16. The molecule has 1 aliphatic heterocycles. The molecule has 0 atom stereocenters. The van der Waals surface area contributed by atoms with E-state index in [9.17, 15) is 0 Å². The first kappa shape index (κ1) is 11.2. The second kappa shape index (κ2) is 4.41. The van der Waals surface area contributed by atoms with Crippen molar-refractivity contribution in [3.05, 3.63) is 6.20 Å². The van der Waals surface area contributed by atoms with E-state index >= 15 is 0 Å². The zero-order chi connectivity index (χ0) is 12.5. The van der Waals surface area contributed by atoms with Gasteiger partial charge < -0.3 is 15.1 Å². The first-order valence-corrected chi connectivity index (χ1v) is 6.10. The van der Waals surface area contributed by atoms with Gasteiger partial charge in [0, 0.05) is 33.2 Å². The third-order valence-electron chi connectivity index (χ3n) is 3.32. The van der Waals surface area contributed by atoms with Crippen LogP contribution in [0.3, 0.4) is 0 Å². The van der Waals surface area contributed by atoms with Crippen molar-refractivity contribution in [1.29, 1.82) is 0 Å². The van der Waals surface area contributed by atoms with Crippen LogP contribution in [-0.4, -0.2) is 65.3 Å². The molecular weight excluding hydrogens is 230 g/mol. The predicted octanol–water partition coefficient (Wildman–Crippen LogP) is 0.146. The number of piperazine rings is 1. The lowest BCUT2D eigenvalue weighted by molar-refractivity contribution is 0.311. The Kier molecular flexibility index (Phi) is 2.75. The van der Waals surface area contributed by atoms with Crippen molar-refractivity contribution < 1.29 is 0 Å². The lowest BCUT2D eigenvalue weighted by Gasteiger charge is -2.32. The Bertz CT molecular complexity index is 541. The number of nitrogens with one attached hydrogen (secondary N) is 2. The molecule has 0 saturated carbocycles. The van der Waals surface area contributed by atoms with E-state index in [4.69, 9.17) is 0 Å². The van der Waals surface area contributed by atoms with Gasteiger partial charge in [-0.3, -0.25) is 5.10 Å². The number of fused-ring (bicyclic) bond motifs is 1. The lowest BCUT2D eigenvalue weighted by atomic mass is 10.3. The molecule has 0 aromatic carbocycles. The Labute approximate surface area is 105 Å². The summed E-state index contributed by atoms with van der Waals surface area (Å²) in [5.41, 5.74) is 0.781. The summed E-state index contributed by atoms with van der Waals surface area (Å²) >= 11 is 0. The highest BCUT2D eigenvalue weighted by molar-refractivity contribution is 5.86. The molecule has 2 aromatic heterocycles. The van der Waals surface area contributed by atoms with Crippen molar-refractivity contribution >= 4 is 22.8 Å². The van der Waals surface area contributed by atoms with Crippen LogP contribution in [0.25, 0.3) is 11.0 Å². The molecule has 1 aliphatic rings. The van der Waals surface area contributed by atoms with Crippen LogP contribution in [0, 0.1) is 0 Å². The Morgan fingerprint density at radius 1 is 1.22 bits per heavy atom. The Balaban J connectivity index is 1.96. The number of hydrogen-bond donors (Lipinski definition) is 2. The van der Waals surface area contributed by atoms with Crippen molar-refractivity contribution in [1.82, 2.24) is 25.1 Å². The maximum atomic E-state index is 4.57. The van der Waals surface area contributed by atoms with Gasteiger partial charge in [0.05, 0.1) is 11.6 Å². The van der Waals surface area contributed by atoms with Gasteiger partial charge in [-0.2, -0.15) is 15.1 Å². The predicted molar refractivity (Wildman–Crippen MR) is 70.9 cm³/mol. The summed E-state index contributed by atoms with van der Waals surface area (Å²) < 4.78 is 0. The largest absolute Gasteiger partial charge is 0.372 e. The lowest BCUT2D eigenvalue weighted by Crippen LogP contribution is -2.45. The van der Waals surface area contributed by atoms with Crippen LogP contribution in [0.4, 0.5) is 11.8 Å². The normalized spacial score (nSPS) is 17.3. The average molecular weight is 247 g/mol. The first-order valence-electron chi connectivity index (χ1n) is 6.10. The minimum absolute atomic E-state index is 0.768. The molecule has 1 saturated heterocycles. The molecule has 2 aromatic rings. The monoisotopic (exact) mass is 247 g/mol. The number of hydrogen-bond acceptors (Lipinski definition) is 6. The summed E-state index contributed by atoms with van der Waals surface area (Å²) in [6.45, 7) is 4.00. The SMILES string of the molecule is CNc1nc(N2CCN(C)CC2)nc2[nH]ncc12. The molecule has 3 heterocycles. The zero-order valence-electron chi connectivity index (χ0n) is 10.6. The highest BCUT2D eigenvalue weighted by atomic mass is 15.3. The van der Waals surface area contributed by atoms with Crippen molar-refractivity contribution in [2.24, 2.45) is 0 Å². The molecule has 2 N–H and O–H groups in total. The fraction of sp³-hybridized carbons (Fsp3) is 0.545. The summed E-state index contributed by atoms with van der Waals surface area (Å²) in [4.78, 5) is 13.6. The fourth-order valence-electron chi connectivity index (χ4n) is 2.16. The van der Waals surface area contributed by atoms with Gasteiger partial charge in [0.25, 0.3) is 0 Å². The van der Waals surface area contributed by atoms with E-state index < -0.39 is 0 Å². The van der Waals surface area contributed by atoms with E-state index in [1.165, 1.54) is 0 Å². The molecule has 0 unspecified atom stereocenters. The van der Waals surface area contributed by atoms with E-state index in [-0.39, 0.29) is 0 Å². The molecule has 18 heavy (non-hydrogen) atoms. The molecule has 0 aliphatic carbocycles. The van der Waals surface area contributed by atoms with E-state index in [2.05, 4.69) is 42.3 Å². The van der Waals surface area contributed by atoms with Gasteiger partial charge in [-0.1, -0.05) is 0 Å². The van der Waals surface area contributed by atoms with Crippen LogP contribution in [0.15, 0.2) is 6.20 Å². The first-order chi connectivity index (χ1) is 8.78. The van der Waals surface area contributed by atoms with E-state index in [0.717, 1.165) is 49.0 Å². The second-order valence-corrected chi connectivity index (χ2v) is 4.54. The minimum Gasteiger partial charge on any atom is -0.372 e. The topological polar surface area (TPSA) is 73.0 Å². The van der Waals surface area contributed by atoms with Gasteiger partial charge in [0.1, 0.15) is 5.82 Å². The second-order valence-electron chi connectivity index (χ2n) is 4.54. The highest BCUT2D eigenvalue weighted by Gasteiger charge is 2.18. The molecule has 0 bridgehead atoms. The van der Waals surface area contributed by atoms with Crippen molar-refractivity contribution in [2.75, 3.05) is 50.5 Å². The minimum atomic E-state index is 0.768. The van der Waals surface area contributed by atoms with Gasteiger partial charge >= 0.3 is 0 Å². The molecule has 7 nitrogen and oxygen atoms in total. The van der Waals surface area contributed by atoms with Crippen LogP contribution in [-0.2, 0) is 0 Å². The van der Waals surface area contributed by atoms with Crippen LogP contribution >= 0.6 is 0 Å². The van der Waals surface area contributed by atoms with Crippen LogP contribution in [0.2, 0.25) is 0 Å². The van der Waals surface area contributed by atoms with Gasteiger partial charge in [-0.05, 0) is 7.05 Å². The Morgan fingerprint density at radius 2 is 2.00 bits per heavy atom. The quantitative estimate of drug-likeness (QED) is 0.787. The molecule has 0 radical (unpaired) electrons. The molecule has 0 amide bonds. The standard InChI is InChI=1S/C11H17N7/c1-12-9-8-7-13-16-10(8)15-11(14-9)18-5-3-17(2)4-6-18/h7H,3-6H2,1-2H3,(H2,12,13,14,15,16). The maximum Gasteiger partial charge on any atom is 0.229 e. The van der Waals surface area contributed by atoms with E-state index in [0.29, 0.717) is 0 Å². The van der Waals surface area contributed by atoms with Crippen LogP contribution in [0.1, 0.15) is 0 Å². The van der Waals surface area contributed by atoms with Gasteiger partial charge in [-0.25, -0.2) is 0 Å². The number of anilines is 2. The van der Waals surface area contributed by atoms with Crippen molar-refractivity contribution in [3.8, 4) is 0 Å². The molecule has 96 valence electrons. The molecule has 0 spiro atoms. The van der Waals surface area contributed by atoms with Gasteiger partial charge in [-0.15, -0.1) is 0 Å². The number of H-pyrrole nitrogens is 1. The number of aromatic amines is 1. The molecule has 3 rings (SSSR count). The number of nitrogens with zero attached hydrogens (tertiary/aromatic N) is 5. The molecular formula is C11H17N7. The summed E-state index contributed by atoms with van der Waals surface area (Å²) in [6, 6.07) is 0. The Morgan fingerprint density at radius 3 is 2.72 bits per heavy atom. The molecule has 1 fully saturated rings. The van der Waals surface area contributed by atoms with Gasteiger partial charge in [0.15, 0.2) is 5.65 Å². The number of aromatic nitrogens is 4. The van der Waals surface area contributed by atoms with Crippen LogP contribution < -0.4 is 10.2 Å². The summed E-state index contributed by atoms with van der Waals surface area (Å²) in [5, 5.41) is 10.9. The van der Waals surface area contributed by atoms with Gasteiger partial charge in [0.2, 0.25) is 5.95 Å². The molecule has 7 heteroatoms. The van der Waals surface area contributed by atoms with E-state index in [1.54, 1.807) is 6.20 Å². The summed E-state index contributed by atoms with van der Waals surface area (Å²) in [6.07, 6.45) is 1.74. The Hall–Kier alpha value is -1.89. The number of rotatable bonds is 2. The van der Waals surface area contributed by atoms with Crippen molar-refractivity contribution in [3.63, 3.8) is 0 Å². The summed E-state index contributed by atoms with van der Waals surface area (Å²) in [7, 11) is 4.00. The van der Waals surface area contributed by atoms with Crippen molar-refractivity contribution in [2.45, 2.75) is 0 Å². The zero-order valence-corrected chi connectivity index (χ0v) is 10.6. The smallest absolute Gasteiger partial charge is 0.229 e. The third kappa shape index (κ3) is 1.86. The number of likely N-dealkylation sites (N-methyl/N-ethyl adjacent to an activating group) is 1. The summed E-state index contributed by atoms with van der Waals surface area (Å²) in [5.74, 6) is 1.59.